The highest BCUT2D eigenvalue weighted by Crippen LogP contribution is 2.07. The Balaban J connectivity index is 4.29. The third-order valence-electron chi connectivity index (χ3n) is 2.00. The number of hydrogen-bond acceptors (Lipinski definition) is 4. The lowest BCUT2D eigenvalue weighted by atomic mass is 10.00. The van der Waals surface area contributed by atoms with Crippen LogP contribution in [0.15, 0.2) is 0 Å². The van der Waals surface area contributed by atoms with Gasteiger partial charge in [0.2, 0.25) is 0 Å². The maximum Gasteiger partial charge on any atom is 0.407 e. The van der Waals surface area contributed by atoms with Crippen LogP contribution in [0.5, 0.6) is 0 Å². The molecule has 1 N–H and O–H groups in total. The smallest absolute Gasteiger partial charge is 0.407 e. The first kappa shape index (κ1) is 14.3. The number of methoxy groups -OCH3 is 1. The van der Waals surface area contributed by atoms with E-state index in [9.17, 15) is 9.59 Å². The van der Waals surface area contributed by atoms with Crippen molar-refractivity contribution < 1.29 is 14.3 Å². The second-order valence-corrected chi connectivity index (χ2v) is 4.51. The lowest BCUT2D eigenvalue weighted by molar-refractivity contribution is -0.123. The summed E-state index contributed by atoms with van der Waals surface area (Å²) in [6, 6.07) is -0.426. The van der Waals surface area contributed by atoms with Gasteiger partial charge < -0.3 is 10.1 Å². The quantitative estimate of drug-likeness (QED) is 0.758. The summed E-state index contributed by atoms with van der Waals surface area (Å²) in [5.74, 6) is 0.816. The molecule has 0 aromatic rings. The van der Waals surface area contributed by atoms with Crippen LogP contribution in [0.1, 0.15) is 20.3 Å². The number of nitrogens with one attached hydrogen (secondary N) is 1. The van der Waals surface area contributed by atoms with Crippen LogP contribution in [0.2, 0.25) is 0 Å². The van der Waals surface area contributed by atoms with Crippen molar-refractivity contribution in [2.24, 2.45) is 5.92 Å². The zero-order chi connectivity index (χ0) is 11.8. The average Bonchev–Trinajstić information content (AvgIpc) is 2.22. The number of ketones is 1. The van der Waals surface area contributed by atoms with Gasteiger partial charge in [-0.05, 0) is 18.4 Å². The molecule has 0 unspecified atom stereocenters. The SMILES string of the molecule is COC(=O)N[C@@H](CCSC)C(=O)C(C)C. The first-order chi connectivity index (χ1) is 7.02. The summed E-state index contributed by atoms with van der Waals surface area (Å²) in [4.78, 5) is 22.7. The monoisotopic (exact) mass is 233 g/mol. The lowest BCUT2D eigenvalue weighted by Crippen LogP contribution is -2.43. The molecule has 0 spiro atoms. The maximum atomic E-state index is 11.7. The number of ether oxygens (including phenoxy) is 1. The molecule has 0 rings (SSSR count). The van der Waals surface area contributed by atoms with Gasteiger partial charge in [-0.1, -0.05) is 13.8 Å². The molecule has 1 amide bonds. The third-order valence-corrected chi connectivity index (χ3v) is 2.64. The Bertz CT molecular complexity index is 219. The van der Waals surface area contributed by atoms with E-state index in [1.54, 1.807) is 11.8 Å². The Hall–Kier alpha value is -0.710. The number of rotatable bonds is 6. The van der Waals surface area contributed by atoms with Crippen molar-refractivity contribution in [1.82, 2.24) is 5.32 Å². The molecule has 15 heavy (non-hydrogen) atoms. The third kappa shape index (κ3) is 5.67. The minimum Gasteiger partial charge on any atom is -0.453 e. The van der Waals surface area contributed by atoms with Crippen molar-refractivity contribution in [3.63, 3.8) is 0 Å². The summed E-state index contributed by atoms with van der Waals surface area (Å²) in [7, 11) is 1.29. The zero-order valence-corrected chi connectivity index (χ0v) is 10.5. The second-order valence-electron chi connectivity index (χ2n) is 3.53. The highest BCUT2D eigenvalue weighted by atomic mass is 32.2. The average molecular weight is 233 g/mol. The van der Waals surface area contributed by atoms with Crippen LogP contribution in [0, 0.1) is 5.92 Å². The van der Waals surface area contributed by atoms with Gasteiger partial charge in [0.05, 0.1) is 13.2 Å². The fourth-order valence-corrected chi connectivity index (χ4v) is 1.60. The molecule has 1 atom stereocenters. The molecular weight excluding hydrogens is 214 g/mol. The maximum absolute atomic E-state index is 11.7. The molecule has 5 heteroatoms. The highest BCUT2D eigenvalue weighted by Gasteiger charge is 2.22. The fraction of sp³-hybridized carbons (Fsp3) is 0.800. The Morgan fingerprint density at radius 2 is 2.00 bits per heavy atom. The van der Waals surface area contributed by atoms with Gasteiger partial charge in [0.25, 0.3) is 0 Å². The minimum absolute atomic E-state index is 0.0504. The predicted molar refractivity (Wildman–Crippen MR) is 62.2 cm³/mol. The van der Waals surface area contributed by atoms with Gasteiger partial charge in [-0.3, -0.25) is 4.79 Å². The number of thioether (sulfide) groups is 1. The lowest BCUT2D eigenvalue weighted by Gasteiger charge is -2.18. The summed E-state index contributed by atoms with van der Waals surface area (Å²) in [6.45, 7) is 3.65. The van der Waals surface area contributed by atoms with Crippen molar-refractivity contribution >= 4 is 23.6 Å². The summed E-state index contributed by atoms with van der Waals surface area (Å²) >= 11 is 1.65. The van der Waals surface area contributed by atoms with Gasteiger partial charge in [0.1, 0.15) is 0 Å². The molecule has 0 aromatic heterocycles. The molecule has 0 saturated heterocycles. The number of carbonyl (C=O) groups is 2. The summed E-state index contributed by atoms with van der Waals surface area (Å²) < 4.78 is 4.48. The molecule has 0 saturated carbocycles. The van der Waals surface area contributed by atoms with E-state index in [1.807, 2.05) is 20.1 Å². The van der Waals surface area contributed by atoms with Crippen LogP contribution < -0.4 is 5.32 Å². The molecule has 0 aliphatic rings. The van der Waals surface area contributed by atoms with E-state index in [4.69, 9.17) is 0 Å². The van der Waals surface area contributed by atoms with Crippen LogP contribution in [-0.2, 0) is 9.53 Å². The molecule has 0 fully saturated rings. The van der Waals surface area contributed by atoms with E-state index in [1.165, 1.54) is 7.11 Å². The summed E-state index contributed by atoms with van der Waals surface area (Å²) in [6.07, 6.45) is 2.07. The van der Waals surface area contributed by atoms with Crippen LogP contribution in [-0.4, -0.2) is 37.0 Å². The van der Waals surface area contributed by atoms with Crippen molar-refractivity contribution in [2.45, 2.75) is 26.3 Å². The molecule has 88 valence electrons. The topological polar surface area (TPSA) is 55.4 Å². The fourth-order valence-electron chi connectivity index (χ4n) is 1.12. The molecule has 0 aliphatic heterocycles. The first-order valence-electron chi connectivity index (χ1n) is 4.90. The van der Waals surface area contributed by atoms with Crippen LogP contribution >= 0.6 is 11.8 Å². The Morgan fingerprint density at radius 3 is 2.40 bits per heavy atom. The van der Waals surface area contributed by atoms with Crippen molar-refractivity contribution in [1.29, 1.82) is 0 Å². The number of carbonyl (C=O) groups excluding carboxylic acids is 2. The van der Waals surface area contributed by atoms with E-state index < -0.39 is 12.1 Å². The van der Waals surface area contributed by atoms with Crippen molar-refractivity contribution in [2.75, 3.05) is 19.1 Å². The van der Waals surface area contributed by atoms with Crippen LogP contribution in [0.3, 0.4) is 0 Å². The molecule has 0 radical (unpaired) electrons. The van der Waals surface area contributed by atoms with E-state index in [-0.39, 0.29) is 11.7 Å². The molecule has 0 bridgehead atoms. The van der Waals surface area contributed by atoms with Crippen molar-refractivity contribution in [3.05, 3.63) is 0 Å². The van der Waals surface area contributed by atoms with E-state index in [0.29, 0.717) is 6.42 Å². The van der Waals surface area contributed by atoms with Gasteiger partial charge in [-0.25, -0.2) is 4.79 Å². The second kappa shape index (κ2) is 7.56. The molecule has 0 aromatic carbocycles. The largest absolute Gasteiger partial charge is 0.453 e. The predicted octanol–water partition coefficient (Wildman–Crippen LogP) is 1.69. The van der Waals surface area contributed by atoms with Gasteiger partial charge in [-0.15, -0.1) is 0 Å². The Kier molecular flexibility index (Phi) is 7.21. The number of Topliss-reactive ketones (excluding diaryl/α,β-unsaturated/α-hetero) is 1. The van der Waals surface area contributed by atoms with Crippen molar-refractivity contribution in [3.8, 4) is 0 Å². The molecular formula is C10H19NO3S. The van der Waals surface area contributed by atoms with Gasteiger partial charge in [-0.2, -0.15) is 11.8 Å². The summed E-state index contributed by atoms with van der Waals surface area (Å²) in [5.41, 5.74) is 0. The van der Waals surface area contributed by atoms with Crippen LogP contribution in [0.4, 0.5) is 4.79 Å². The normalized spacial score (nSPS) is 12.3. The molecule has 4 nitrogen and oxygen atoms in total. The highest BCUT2D eigenvalue weighted by molar-refractivity contribution is 7.98. The summed E-state index contributed by atoms with van der Waals surface area (Å²) in [5, 5.41) is 2.56. The van der Waals surface area contributed by atoms with E-state index in [0.717, 1.165) is 5.75 Å². The van der Waals surface area contributed by atoms with Gasteiger partial charge in [0, 0.05) is 5.92 Å². The standard InChI is InChI=1S/C10H19NO3S/c1-7(2)9(12)8(5-6-15-4)11-10(13)14-3/h7-8H,5-6H2,1-4H3,(H,11,13)/t8-/m0/s1. The number of alkyl carbamates (subject to hydrolysis) is 1. The van der Waals surface area contributed by atoms with Gasteiger partial charge in [0.15, 0.2) is 5.78 Å². The van der Waals surface area contributed by atoms with Crippen LogP contribution in [0.25, 0.3) is 0 Å². The minimum atomic E-state index is -0.546. The number of amides is 1. The zero-order valence-electron chi connectivity index (χ0n) is 9.70. The van der Waals surface area contributed by atoms with E-state index in [2.05, 4.69) is 10.1 Å². The first-order valence-corrected chi connectivity index (χ1v) is 6.29. The van der Waals surface area contributed by atoms with Gasteiger partial charge >= 0.3 is 6.09 Å². The molecule has 0 aliphatic carbocycles. The Labute approximate surface area is 95.1 Å². The Morgan fingerprint density at radius 1 is 1.40 bits per heavy atom. The molecule has 0 heterocycles. The number of hydrogen-bond donors (Lipinski definition) is 1. The van der Waals surface area contributed by atoms with E-state index >= 15 is 0 Å².